The predicted molar refractivity (Wildman–Crippen MR) is 83.9 cm³/mol. The molecule has 0 aromatic carbocycles. The quantitative estimate of drug-likeness (QED) is 0.810. The van der Waals surface area contributed by atoms with E-state index in [1.807, 2.05) is 27.1 Å². The summed E-state index contributed by atoms with van der Waals surface area (Å²) in [5.41, 5.74) is 5.79. The highest BCUT2D eigenvalue weighted by atomic mass is 35.5. The van der Waals surface area contributed by atoms with Crippen molar-refractivity contribution < 1.29 is 4.79 Å². The lowest BCUT2D eigenvalue weighted by Crippen LogP contribution is -2.43. The average Bonchev–Trinajstić information content (AvgIpc) is 2.82. The van der Waals surface area contributed by atoms with Gasteiger partial charge in [0.1, 0.15) is 0 Å². The van der Waals surface area contributed by atoms with Gasteiger partial charge in [0.15, 0.2) is 0 Å². The summed E-state index contributed by atoms with van der Waals surface area (Å²) in [7, 11) is 4.03. The van der Waals surface area contributed by atoms with E-state index in [9.17, 15) is 4.79 Å². The van der Waals surface area contributed by atoms with Crippen LogP contribution in [-0.4, -0.2) is 37.5 Å². The monoisotopic (exact) mass is 305 g/mol. The van der Waals surface area contributed by atoms with Crippen LogP contribution in [0, 0.1) is 0 Å². The number of amides is 1. The summed E-state index contributed by atoms with van der Waals surface area (Å²) in [5.74, 6) is -0.0553. The van der Waals surface area contributed by atoms with Gasteiger partial charge in [0.2, 0.25) is 5.91 Å². The zero-order valence-electron chi connectivity index (χ0n) is 11.8. The van der Waals surface area contributed by atoms with E-state index < -0.39 is 0 Å². The van der Waals surface area contributed by atoms with Gasteiger partial charge >= 0.3 is 0 Å². The highest BCUT2D eigenvalue weighted by molar-refractivity contribution is 7.10. The van der Waals surface area contributed by atoms with E-state index >= 15 is 0 Å². The Hall–Kier alpha value is -0.620. The lowest BCUT2D eigenvalue weighted by Gasteiger charge is -2.24. The highest BCUT2D eigenvalue weighted by Gasteiger charge is 2.18. The van der Waals surface area contributed by atoms with Crippen LogP contribution in [0.4, 0.5) is 0 Å². The van der Waals surface area contributed by atoms with Gasteiger partial charge in [-0.05, 0) is 32.0 Å². The topological polar surface area (TPSA) is 58.4 Å². The van der Waals surface area contributed by atoms with Crippen LogP contribution >= 0.6 is 23.7 Å². The first kappa shape index (κ1) is 18.4. The van der Waals surface area contributed by atoms with Gasteiger partial charge in [0.25, 0.3) is 0 Å². The molecule has 1 heterocycles. The number of carbonyl (C=O) groups is 1. The van der Waals surface area contributed by atoms with Crippen molar-refractivity contribution in [3.8, 4) is 0 Å². The van der Waals surface area contributed by atoms with Crippen LogP contribution in [0.15, 0.2) is 17.5 Å². The number of halogens is 1. The number of hydrogen-bond donors (Lipinski definition) is 2. The Morgan fingerprint density at radius 3 is 2.68 bits per heavy atom. The third kappa shape index (κ3) is 5.91. The first-order valence-electron chi connectivity index (χ1n) is 6.29. The van der Waals surface area contributed by atoms with Crippen LogP contribution in [0.25, 0.3) is 0 Å². The molecule has 0 spiro atoms. The van der Waals surface area contributed by atoms with E-state index in [0.717, 1.165) is 12.8 Å². The van der Waals surface area contributed by atoms with E-state index in [2.05, 4.69) is 21.7 Å². The molecule has 0 aliphatic rings. The number of nitrogens with two attached hydrogens (primary N) is 1. The van der Waals surface area contributed by atoms with Crippen molar-refractivity contribution in [2.24, 2.45) is 5.73 Å². The van der Waals surface area contributed by atoms with E-state index in [-0.39, 0.29) is 30.4 Å². The predicted octanol–water partition coefficient (Wildman–Crippen LogP) is 2.02. The van der Waals surface area contributed by atoms with E-state index in [1.165, 1.54) is 4.88 Å². The molecule has 19 heavy (non-hydrogen) atoms. The Morgan fingerprint density at radius 2 is 2.21 bits per heavy atom. The third-order valence-corrected chi connectivity index (χ3v) is 3.87. The van der Waals surface area contributed by atoms with Crippen molar-refractivity contribution >= 4 is 29.7 Å². The Bertz CT molecular complexity index is 357. The molecule has 1 aromatic rings. The highest BCUT2D eigenvalue weighted by Crippen LogP contribution is 2.22. The Kier molecular flexibility index (Phi) is 9.01. The molecule has 0 aliphatic carbocycles. The maximum atomic E-state index is 11.8. The number of thiophene rings is 1. The van der Waals surface area contributed by atoms with Gasteiger partial charge in [-0.15, -0.1) is 23.7 Å². The smallest absolute Gasteiger partial charge is 0.236 e. The van der Waals surface area contributed by atoms with Gasteiger partial charge in [0, 0.05) is 11.4 Å². The van der Waals surface area contributed by atoms with Crippen LogP contribution < -0.4 is 11.1 Å². The second-order valence-corrected chi connectivity index (χ2v) is 5.61. The number of nitrogens with one attached hydrogen (secondary N) is 1. The molecule has 110 valence electrons. The minimum atomic E-state index is -0.388. The first-order valence-corrected chi connectivity index (χ1v) is 7.17. The molecule has 0 saturated heterocycles. The first-order chi connectivity index (χ1) is 8.56. The molecule has 1 aromatic heterocycles. The molecule has 2 unspecified atom stereocenters. The molecular formula is C13H24ClN3OS. The molecule has 1 amide bonds. The molecule has 4 nitrogen and oxygen atoms in total. The normalized spacial score (nSPS) is 13.7. The Morgan fingerprint density at radius 1 is 1.53 bits per heavy atom. The number of hydrogen-bond acceptors (Lipinski definition) is 4. The fraction of sp³-hybridized carbons (Fsp3) is 0.615. The van der Waals surface area contributed by atoms with Gasteiger partial charge in [-0.3, -0.25) is 4.79 Å². The zero-order valence-corrected chi connectivity index (χ0v) is 13.4. The van der Waals surface area contributed by atoms with Crippen LogP contribution in [0.1, 0.15) is 30.7 Å². The molecular weight excluding hydrogens is 282 g/mol. The summed E-state index contributed by atoms with van der Waals surface area (Å²) >= 11 is 1.71. The molecule has 6 heteroatoms. The van der Waals surface area contributed by atoms with Crippen molar-refractivity contribution in [2.45, 2.75) is 31.8 Å². The molecule has 0 bridgehead atoms. The fourth-order valence-corrected chi connectivity index (χ4v) is 2.71. The Labute approximate surface area is 125 Å². The molecule has 3 N–H and O–H groups in total. The van der Waals surface area contributed by atoms with E-state index in [1.54, 1.807) is 11.3 Å². The molecule has 0 radical (unpaired) electrons. The fourth-order valence-electron chi connectivity index (χ4n) is 1.79. The van der Waals surface area contributed by atoms with Gasteiger partial charge in [-0.1, -0.05) is 19.4 Å². The number of nitrogens with zero attached hydrogens (tertiary/aromatic N) is 1. The maximum Gasteiger partial charge on any atom is 0.236 e. The maximum absolute atomic E-state index is 11.8. The Balaban J connectivity index is 0.00000324. The molecule has 0 aliphatic heterocycles. The molecule has 1 rings (SSSR count). The summed E-state index contributed by atoms with van der Waals surface area (Å²) in [6.07, 6.45) is 1.66. The lowest BCUT2D eigenvalue weighted by molar-refractivity contribution is -0.122. The van der Waals surface area contributed by atoms with Gasteiger partial charge in [-0.25, -0.2) is 0 Å². The average molecular weight is 306 g/mol. The van der Waals surface area contributed by atoms with Crippen LogP contribution in [0.3, 0.4) is 0 Å². The van der Waals surface area contributed by atoms with Crippen molar-refractivity contribution in [3.63, 3.8) is 0 Å². The molecule has 0 fully saturated rings. The summed E-state index contributed by atoms with van der Waals surface area (Å²) in [6.45, 7) is 2.63. The summed E-state index contributed by atoms with van der Waals surface area (Å²) in [6, 6.07) is 3.94. The van der Waals surface area contributed by atoms with Gasteiger partial charge < -0.3 is 16.0 Å². The number of likely N-dealkylation sites (N-methyl/N-ethyl adjacent to an activating group) is 1. The van der Waals surface area contributed by atoms with Crippen LogP contribution in [0.5, 0.6) is 0 Å². The molecule has 2 atom stereocenters. The van der Waals surface area contributed by atoms with Gasteiger partial charge in [-0.2, -0.15) is 0 Å². The SMILES string of the molecule is CCCC(N)C(=O)NCC(c1cccs1)N(C)C.Cl. The van der Waals surface area contributed by atoms with E-state index in [0.29, 0.717) is 6.54 Å². The number of rotatable bonds is 7. The summed E-state index contributed by atoms with van der Waals surface area (Å²) in [4.78, 5) is 15.1. The number of carbonyl (C=O) groups excluding carboxylic acids is 1. The van der Waals surface area contributed by atoms with Crippen LogP contribution in [0.2, 0.25) is 0 Å². The van der Waals surface area contributed by atoms with Crippen molar-refractivity contribution in [2.75, 3.05) is 20.6 Å². The van der Waals surface area contributed by atoms with Crippen molar-refractivity contribution in [1.29, 1.82) is 0 Å². The van der Waals surface area contributed by atoms with Crippen molar-refractivity contribution in [1.82, 2.24) is 10.2 Å². The van der Waals surface area contributed by atoms with Crippen molar-refractivity contribution in [3.05, 3.63) is 22.4 Å². The lowest BCUT2D eigenvalue weighted by atomic mass is 10.1. The second-order valence-electron chi connectivity index (χ2n) is 4.64. The third-order valence-electron chi connectivity index (χ3n) is 2.90. The summed E-state index contributed by atoms with van der Waals surface area (Å²) < 4.78 is 0. The zero-order chi connectivity index (χ0) is 13.5. The van der Waals surface area contributed by atoms with Gasteiger partial charge in [0.05, 0.1) is 12.1 Å². The van der Waals surface area contributed by atoms with Crippen LogP contribution in [-0.2, 0) is 4.79 Å². The summed E-state index contributed by atoms with van der Waals surface area (Å²) in [5, 5.41) is 4.99. The minimum absolute atomic E-state index is 0. The second kappa shape index (κ2) is 9.31. The minimum Gasteiger partial charge on any atom is -0.353 e. The molecule has 0 saturated carbocycles. The largest absolute Gasteiger partial charge is 0.353 e. The standard InChI is InChI=1S/C13H23N3OS.ClH/c1-4-6-10(14)13(17)15-9-11(16(2)3)12-7-5-8-18-12;/h5,7-8,10-11H,4,6,9,14H2,1-3H3,(H,15,17);1H. The van der Waals surface area contributed by atoms with E-state index in [4.69, 9.17) is 5.73 Å².